The lowest BCUT2D eigenvalue weighted by Gasteiger charge is -2.18. The van der Waals surface area contributed by atoms with Crippen LogP contribution in [0.3, 0.4) is 0 Å². The number of aryl methyl sites for hydroxylation is 1. The maximum atomic E-state index is 12.6. The van der Waals surface area contributed by atoms with Gasteiger partial charge in [0.2, 0.25) is 0 Å². The first-order chi connectivity index (χ1) is 13.3. The lowest BCUT2D eigenvalue weighted by Crippen LogP contribution is -2.33. The Morgan fingerprint density at radius 1 is 1.10 bits per heavy atom. The summed E-state index contributed by atoms with van der Waals surface area (Å²) in [5.74, 6) is 0.453. The molecule has 0 aromatic heterocycles. The van der Waals surface area contributed by atoms with Crippen molar-refractivity contribution < 1.29 is 14.3 Å². The van der Waals surface area contributed by atoms with Crippen molar-refractivity contribution in [1.82, 2.24) is 5.32 Å². The van der Waals surface area contributed by atoms with Crippen molar-refractivity contribution in [1.29, 1.82) is 0 Å². The highest BCUT2D eigenvalue weighted by molar-refractivity contribution is 6.04. The van der Waals surface area contributed by atoms with Crippen molar-refractivity contribution in [3.63, 3.8) is 0 Å². The van der Waals surface area contributed by atoms with Gasteiger partial charge < -0.3 is 21.1 Å². The molecule has 0 saturated carbocycles. The molecule has 0 spiro atoms. The van der Waals surface area contributed by atoms with Gasteiger partial charge in [0.05, 0.1) is 11.3 Å². The summed E-state index contributed by atoms with van der Waals surface area (Å²) in [5.41, 5.74) is 8.62. The van der Waals surface area contributed by atoms with Crippen LogP contribution in [-0.2, 0) is 4.79 Å². The number of halogens is 1. The first-order valence-electron chi connectivity index (χ1n) is 9.48. The molecule has 0 aliphatic heterocycles. The number of nitrogens with one attached hydrogen (secondary N) is 2. The van der Waals surface area contributed by atoms with Crippen molar-refractivity contribution in [2.75, 3.05) is 18.4 Å². The van der Waals surface area contributed by atoms with Gasteiger partial charge in [0.15, 0.2) is 6.10 Å². The molecule has 29 heavy (non-hydrogen) atoms. The van der Waals surface area contributed by atoms with Crippen molar-refractivity contribution >= 4 is 29.9 Å². The summed E-state index contributed by atoms with van der Waals surface area (Å²) in [6, 6.07) is 12.7. The van der Waals surface area contributed by atoms with Crippen LogP contribution in [0.15, 0.2) is 42.5 Å². The van der Waals surface area contributed by atoms with E-state index in [-0.39, 0.29) is 24.2 Å². The van der Waals surface area contributed by atoms with Gasteiger partial charge in [0, 0.05) is 13.1 Å². The second kappa shape index (κ2) is 11.4. The molecule has 2 amide bonds. The molecule has 158 valence electrons. The van der Waals surface area contributed by atoms with E-state index in [2.05, 4.69) is 24.5 Å². The minimum Gasteiger partial charge on any atom is -0.481 e. The lowest BCUT2D eigenvalue weighted by molar-refractivity contribution is -0.122. The highest BCUT2D eigenvalue weighted by Gasteiger charge is 2.18. The summed E-state index contributed by atoms with van der Waals surface area (Å²) in [4.78, 5) is 24.8. The Bertz CT molecular complexity index is 840. The number of carbonyl (C=O) groups is 2. The number of rotatable bonds is 8. The van der Waals surface area contributed by atoms with Gasteiger partial charge in [0.1, 0.15) is 5.75 Å². The molecule has 2 aromatic carbocycles. The fourth-order valence-electron chi connectivity index (χ4n) is 2.93. The number of anilines is 1. The quantitative estimate of drug-likeness (QED) is 0.609. The predicted octanol–water partition coefficient (Wildman–Crippen LogP) is 3.63. The Labute approximate surface area is 178 Å². The summed E-state index contributed by atoms with van der Waals surface area (Å²) in [6.45, 7) is 8.70. The molecule has 0 aliphatic carbocycles. The molecule has 0 aliphatic rings. The number of carbonyl (C=O) groups excluding carboxylic acids is 2. The third kappa shape index (κ3) is 6.76. The number of benzene rings is 2. The lowest BCUT2D eigenvalue weighted by atomic mass is 9.98. The molecule has 1 atom stereocenters. The van der Waals surface area contributed by atoms with E-state index < -0.39 is 6.10 Å². The third-order valence-corrected chi connectivity index (χ3v) is 4.40. The van der Waals surface area contributed by atoms with Gasteiger partial charge >= 0.3 is 0 Å². The fraction of sp³-hybridized carbons (Fsp3) is 0.364. The number of hydrogen-bond acceptors (Lipinski definition) is 4. The smallest absolute Gasteiger partial charge is 0.265 e. The molecule has 4 N–H and O–H groups in total. The van der Waals surface area contributed by atoms with Crippen LogP contribution in [0.1, 0.15) is 48.2 Å². The van der Waals surface area contributed by atoms with E-state index >= 15 is 0 Å². The Balaban J connectivity index is 0.00000420. The molecular formula is C22H30ClN3O3. The Kier molecular flexibility index (Phi) is 9.65. The van der Waals surface area contributed by atoms with Crippen LogP contribution in [0.25, 0.3) is 0 Å². The van der Waals surface area contributed by atoms with Crippen LogP contribution in [0, 0.1) is 6.92 Å². The zero-order valence-corrected chi connectivity index (χ0v) is 18.1. The molecule has 6 nitrogen and oxygen atoms in total. The van der Waals surface area contributed by atoms with Crippen LogP contribution in [-0.4, -0.2) is 31.0 Å². The van der Waals surface area contributed by atoms with Gasteiger partial charge in [0.25, 0.3) is 11.8 Å². The average molecular weight is 420 g/mol. The van der Waals surface area contributed by atoms with E-state index in [9.17, 15) is 9.59 Å². The fourth-order valence-corrected chi connectivity index (χ4v) is 2.93. The summed E-state index contributed by atoms with van der Waals surface area (Å²) < 4.78 is 5.80. The number of amides is 2. The Morgan fingerprint density at radius 3 is 2.41 bits per heavy atom. The number of nitrogens with two attached hydrogens (primary N) is 1. The minimum atomic E-state index is -0.718. The first kappa shape index (κ1) is 24.5. The van der Waals surface area contributed by atoms with E-state index in [4.69, 9.17) is 10.5 Å². The zero-order valence-electron chi connectivity index (χ0n) is 17.3. The molecule has 2 aromatic rings. The first-order valence-corrected chi connectivity index (χ1v) is 9.48. The van der Waals surface area contributed by atoms with Crippen molar-refractivity contribution in [3.8, 4) is 5.75 Å². The molecule has 0 heterocycles. The van der Waals surface area contributed by atoms with Crippen molar-refractivity contribution in [2.24, 2.45) is 5.73 Å². The normalized spacial score (nSPS) is 11.4. The molecule has 0 bridgehead atoms. The van der Waals surface area contributed by atoms with E-state index in [0.717, 1.165) is 5.56 Å². The largest absolute Gasteiger partial charge is 0.481 e. The van der Waals surface area contributed by atoms with Crippen LogP contribution >= 0.6 is 12.4 Å². The molecule has 2 rings (SSSR count). The maximum absolute atomic E-state index is 12.6. The van der Waals surface area contributed by atoms with Crippen LogP contribution in [0.2, 0.25) is 0 Å². The summed E-state index contributed by atoms with van der Waals surface area (Å²) >= 11 is 0. The maximum Gasteiger partial charge on any atom is 0.265 e. The van der Waals surface area contributed by atoms with Gasteiger partial charge in [-0.1, -0.05) is 32.0 Å². The van der Waals surface area contributed by atoms with E-state index in [1.807, 2.05) is 25.1 Å². The second-order valence-electron chi connectivity index (χ2n) is 7.01. The van der Waals surface area contributed by atoms with Gasteiger partial charge in [-0.15, -0.1) is 12.4 Å². The molecule has 1 unspecified atom stereocenters. The van der Waals surface area contributed by atoms with Crippen LogP contribution < -0.4 is 21.1 Å². The standard InChI is InChI=1S/C22H29N3O3.ClH/c1-14(2)18-10-9-17(13-15(18)3)28-16(4)21(26)25-20-8-6-5-7-19(20)22(27)24-12-11-23;/h5-10,13-14,16H,11-12,23H2,1-4H3,(H,24,27)(H,25,26);1H. The minimum absolute atomic E-state index is 0. The highest BCUT2D eigenvalue weighted by Crippen LogP contribution is 2.24. The van der Waals surface area contributed by atoms with E-state index in [1.165, 1.54) is 5.56 Å². The molecule has 0 radical (unpaired) electrons. The predicted molar refractivity (Wildman–Crippen MR) is 119 cm³/mol. The third-order valence-electron chi connectivity index (χ3n) is 4.40. The van der Waals surface area contributed by atoms with Gasteiger partial charge in [-0.2, -0.15) is 0 Å². The average Bonchev–Trinajstić information content (AvgIpc) is 2.66. The van der Waals surface area contributed by atoms with Crippen LogP contribution in [0.4, 0.5) is 5.69 Å². The summed E-state index contributed by atoms with van der Waals surface area (Å²) in [5, 5.41) is 5.48. The van der Waals surface area contributed by atoms with Crippen molar-refractivity contribution in [2.45, 2.75) is 39.7 Å². The zero-order chi connectivity index (χ0) is 20.7. The summed E-state index contributed by atoms with van der Waals surface area (Å²) in [7, 11) is 0. The van der Waals surface area contributed by atoms with Gasteiger partial charge in [-0.25, -0.2) is 0 Å². The van der Waals surface area contributed by atoms with Crippen molar-refractivity contribution in [3.05, 3.63) is 59.2 Å². The molecule has 0 fully saturated rings. The molecular weight excluding hydrogens is 390 g/mol. The monoisotopic (exact) mass is 419 g/mol. The van der Waals surface area contributed by atoms with E-state index in [1.54, 1.807) is 31.2 Å². The SMILES string of the molecule is Cc1cc(OC(C)C(=O)Nc2ccccc2C(=O)NCCN)ccc1C(C)C.Cl. The van der Waals surface area contributed by atoms with Crippen LogP contribution in [0.5, 0.6) is 5.75 Å². The van der Waals surface area contributed by atoms with E-state index in [0.29, 0.717) is 36.0 Å². The Hall–Kier alpha value is -2.57. The number of para-hydroxylation sites is 1. The van der Waals surface area contributed by atoms with Gasteiger partial charge in [-0.05, 0) is 55.2 Å². The number of hydrogen-bond donors (Lipinski definition) is 3. The highest BCUT2D eigenvalue weighted by atomic mass is 35.5. The second-order valence-corrected chi connectivity index (χ2v) is 7.01. The summed E-state index contributed by atoms with van der Waals surface area (Å²) in [6.07, 6.45) is -0.718. The number of ether oxygens (including phenoxy) is 1. The Morgan fingerprint density at radius 2 is 1.79 bits per heavy atom. The molecule has 0 saturated heterocycles. The van der Waals surface area contributed by atoms with Gasteiger partial charge in [-0.3, -0.25) is 9.59 Å². The molecule has 7 heteroatoms. The topological polar surface area (TPSA) is 93.4 Å².